The number of methoxy groups -OCH3 is 1. The lowest BCUT2D eigenvalue weighted by Crippen LogP contribution is -2.38. The Labute approximate surface area is 112 Å². The van der Waals surface area contributed by atoms with Gasteiger partial charge in [0.05, 0.1) is 12.6 Å². The number of carbonyl (C=O) groups excluding carboxylic acids is 1. The molecule has 1 N–H and O–H groups in total. The summed E-state index contributed by atoms with van der Waals surface area (Å²) < 4.78 is 5.15. The van der Waals surface area contributed by atoms with Crippen molar-refractivity contribution in [3.63, 3.8) is 0 Å². The first-order chi connectivity index (χ1) is 9.15. The van der Waals surface area contributed by atoms with E-state index >= 15 is 0 Å². The number of rotatable bonds is 4. The fourth-order valence-corrected chi connectivity index (χ4v) is 2.55. The first kappa shape index (κ1) is 13.8. The summed E-state index contributed by atoms with van der Waals surface area (Å²) in [6.45, 7) is 3.24. The molecule has 0 unspecified atom stereocenters. The molecule has 19 heavy (non-hydrogen) atoms. The maximum atomic E-state index is 12.5. The van der Waals surface area contributed by atoms with Gasteiger partial charge < -0.3 is 14.6 Å². The highest BCUT2D eigenvalue weighted by atomic mass is 16.5. The highest BCUT2D eigenvalue weighted by Gasteiger charge is 2.29. The van der Waals surface area contributed by atoms with Crippen molar-refractivity contribution in [3.05, 3.63) is 33.7 Å². The van der Waals surface area contributed by atoms with Gasteiger partial charge in [-0.1, -0.05) is 6.92 Å². The molecule has 1 amide bonds. The molecular weight excluding hydrogens is 244 g/mol. The molecule has 0 aliphatic carbocycles. The van der Waals surface area contributed by atoms with E-state index in [1.165, 1.54) is 6.07 Å². The van der Waals surface area contributed by atoms with E-state index < -0.39 is 0 Å². The number of aromatic nitrogens is 1. The van der Waals surface area contributed by atoms with Crippen molar-refractivity contribution in [3.8, 4) is 0 Å². The molecule has 0 spiro atoms. The third-order valence-corrected chi connectivity index (χ3v) is 3.52. The van der Waals surface area contributed by atoms with Crippen molar-refractivity contribution in [2.45, 2.75) is 32.2 Å². The van der Waals surface area contributed by atoms with Crippen LogP contribution in [0.15, 0.2) is 16.9 Å². The number of hydrogen-bond donors (Lipinski definition) is 1. The third kappa shape index (κ3) is 3.04. The topological polar surface area (TPSA) is 62.4 Å². The summed E-state index contributed by atoms with van der Waals surface area (Å²) in [7, 11) is 1.64. The van der Waals surface area contributed by atoms with Gasteiger partial charge in [0, 0.05) is 31.0 Å². The van der Waals surface area contributed by atoms with E-state index in [-0.39, 0.29) is 17.5 Å². The summed E-state index contributed by atoms with van der Waals surface area (Å²) in [6, 6.07) is 3.28. The first-order valence-electron chi connectivity index (χ1n) is 6.69. The van der Waals surface area contributed by atoms with Crippen LogP contribution in [-0.2, 0) is 11.2 Å². The number of H-pyrrole nitrogens is 1. The van der Waals surface area contributed by atoms with Crippen LogP contribution >= 0.6 is 0 Å². The second kappa shape index (κ2) is 6.02. The molecule has 104 valence electrons. The average Bonchev–Trinajstić information content (AvgIpc) is 2.85. The molecule has 1 aromatic heterocycles. The average molecular weight is 264 g/mol. The Morgan fingerprint density at radius 3 is 3.00 bits per heavy atom. The Morgan fingerprint density at radius 2 is 2.32 bits per heavy atom. The fourth-order valence-electron chi connectivity index (χ4n) is 2.55. The van der Waals surface area contributed by atoms with Gasteiger partial charge in [0.15, 0.2) is 0 Å². The Balaban J connectivity index is 2.23. The van der Waals surface area contributed by atoms with Crippen molar-refractivity contribution in [2.24, 2.45) is 0 Å². The minimum atomic E-state index is -0.217. The zero-order chi connectivity index (χ0) is 13.8. The molecular formula is C14H20N2O3. The summed E-state index contributed by atoms with van der Waals surface area (Å²) in [5.41, 5.74) is 1.05. The fraction of sp³-hybridized carbons (Fsp3) is 0.571. The van der Waals surface area contributed by atoms with Crippen LogP contribution in [0.1, 0.15) is 35.8 Å². The van der Waals surface area contributed by atoms with Crippen LogP contribution in [0.25, 0.3) is 0 Å². The van der Waals surface area contributed by atoms with Gasteiger partial charge in [-0.15, -0.1) is 0 Å². The molecule has 1 aromatic rings. The third-order valence-electron chi connectivity index (χ3n) is 3.52. The van der Waals surface area contributed by atoms with Crippen molar-refractivity contribution >= 4 is 5.91 Å². The van der Waals surface area contributed by atoms with Crippen molar-refractivity contribution < 1.29 is 9.53 Å². The molecule has 0 radical (unpaired) electrons. The van der Waals surface area contributed by atoms with Crippen LogP contribution in [0, 0.1) is 0 Å². The van der Waals surface area contributed by atoms with Crippen molar-refractivity contribution in [1.29, 1.82) is 0 Å². The van der Waals surface area contributed by atoms with Gasteiger partial charge >= 0.3 is 0 Å². The van der Waals surface area contributed by atoms with Gasteiger partial charge in [0.1, 0.15) is 0 Å². The molecule has 2 rings (SSSR count). The number of likely N-dealkylation sites (tertiary alicyclic amines) is 1. The molecule has 1 saturated heterocycles. The highest BCUT2D eigenvalue weighted by Crippen LogP contribution is 2.20. The summed E-state index contributed by atoms with van der Waals surface area (Å²) in [6.07, 6.45) is 2.66. The van der Waals surface area contributed by atoms with E-state index in [4.69, 9.17) is 4.74 Å². The summed E-state index contributed by atoms with van der Waals surface area (Å²) >= 11 is 0. The lowest BCUT2D eigenvalue weighted by molar-refractivity contribution is 0.0630. The van der Waals surface area contributed by atoms with Crippen LogP contribution in [-0.4, -0.2) is 42.1 Å². The van der Waals surface area contributed by atoms with Gasteiger partial charge in [-0.2, -0.15) is 0 Å². The van der Waals surface area contributed by atoms with Crippen molar-refractivity contribution in [1.82, 2.24) is 9.88 Å². The Hall–Kier alpha value is -1.62. The number of nitrogens with zero attached hydrogens (tertiary/aromatic N) is 1. The molecule has 2 heterocycles. The number of nitrogens with one attached hydrogen (secondary N) is 1. The van der Waals surface area contributed by atoms with Gasteiger partial charge in [0.2, 0.25) is 5.56 Å². The lowest BCUT2D eigenvalue weighted by Gasteiger charge is -2.24. The Bertz CT molecular complexity index is 510. The second-order valence-electron chi connectivity index (χ2n) is 4.86. The Morgan fingerprint density at radius 1 is 1.53 bits per heavy atom. The summed E-state index contributed by atoms with van der Waals surface area (Å²) in [5.74, 6) is -0.0691. The predicted octanol–water partition coefficient (Wildman–Crippen LogP) is 1.19. The molecule has 0 bridgehead atoms. The molecule has 5 nitrogen and oxygen atoms in total. The number of pyridine rings is 1. The number of amides is 1. The molecule has 0 aromatic carbocycles. The van der Waals surface area contributed by atoms with Crippen LogP contribution in [0.3, 0.4) is 0 Å². The van der Waals surface area contributed by atoms with Crippen LogP contribution in [0.2, 0.25) is 0 Å². The molecule has 1 atom stereocenters. The maximum Gasteiger partial charge on any atom is 0.254 e. The maximum absolute atomic E-state index is 12.5. The van der Waals surface area contributed by atoms with E-state index in [0.717, 1.165) is 25.1 Å². The van der Waals surface area contributed by atoms with Gasteiger partial charge in [-0.25, -0.2) is 0 Å². The first-order valence-corrected chi connectivity index (χ1v) is 6.69. The van der Waals surface area contributed by atoms with Gasteiger partial charge in [0.25, 0.3) is 5.91 Å². The minimum absolute atomic E-state index is 0.0691. The number of ether oxygens (including phenoxy) is 1. The van der Waals surface area contributed by atoms with Crippen LogP contribution in [0.4, 0.5) is 0 Å². The van der Waals surface area contributed by atoms with Crippen LogP contribution in [0.5, 0.6) is 0 Å². The Kier molecular flexibility index (Phi) is 4.37. The van der Waals surface area contributed by atoms with Crippen LogP contribution < -0.4 is 5.56 Å². The van der Waals surface area contributed by atoms with E-state index in [1.807, 2.05) is 11.8 Å². The lowest BCUT2D eigenvalue weighted by atomic mass is 10.1. The minimum Gasteiger partial charge on any atom is -0.383 e. The second-order valence-corrected chi connectivity index (χ2v) is 4.86. The molecule has 1 fully saturated rings. The molecule has 1 aliphatic rings. The quantitative estimate of drug-likeness (QED) is 0.888. The monoisotopic (exact) mass is 264 g/mol. The largest absolute Gasteiger partial charge is 0.383 e. The number of hydrogen-bond acceptors (Lipinski definition) is 3. The van der Waals surface area contributed by atoms with Crippen molar-refractivity contribution in [2.75, 3.05) is 20.3 Å². The van der Waals surface area contributed by atoms with Gasteiger partial charge in [-0.3, -0.25) is 9.59 Å². The zero-order valence-corrected chi connectivity index (χ0v) is 11.4. The molecule has 0 saturated carbocycles. The number of carbonyl (C=O) groups is 1. The highest BCUT2D eigenvalue weighted by molar-refractivity contribution is 5.94. The molecule has 5 heteroatoms. The SMILES string of the molecule is CCc1cc(C(=O)N2CCC[C@@H]2COC)cc(=O)[nH]1. The van der Waals surface area contributed by atoms with E-state index in [1.54, 1.807) is 13.2 Å². The standard InChI is InChI=1S/C14H20N2O3/c1-3-11-7-10(8-13(17)15-11)14(18)16-6-4-5-12(16)9-19-2/h7-8,12H,3-6,9H2,1-2H3,(H,15,17)/t12-/m1/s1. The molecule has 1 aliphatic heterocycles. The number of aryl methyl sites for hydroxylation is 1. The predicted molar refractivity (Wildman–Crippen MR) is 72.4 cm³/mol. The summed E-state index contributed by atoms with van der Waals surface area (Å²) in [4.78, 5) is 28.6. The summed E-state index contributed by atoms with van der Waals surface area (Å²) in [5, 5.41) is 0. The normalized spacial score (nSPS) is 18.8. The number of aromatic amines is 1. The zero-order valence-electron chi connectivity index (χ0n) is 11.4. The van der Waals surface area contributed by atoms with E-state index in [0.29, 0.717) is 18.6 Å². The van der Waals surface area contributed by atoms with Gasteiger partial charge in [-0.05, 0) is 25.3 Å². The van der Waals surface area contributed by atoms with E-state index in [2.05, 4.69) is 4.98 Å². The van der Waals surface area contributed by atoms with E-state index in [9.17, 15) is 9.59 Å². The smallest absolute Gasteiger partial charge is 0.254 e.